The fourth-order valence-electron chi connectivity index (χ4n) is 2.88. The minimum absolute atomic E-state index is 0.0262. The van der Waals surface area contributed by atoms with E-state index >= 15 is 0 Å². The summed E-state index contributed by atoms with van der Waals surface area (Å²) >= 11 is 1.55. The van der Waals surface area contributed by atoms with E-state index < -0.39 is 6.10 Å². The summed E-state index contributed by atoms with van der Waals surface area (Å²) in [4.78, 5) is 11.3. The Labute approximate surface area is 157 Å². The van der Waals surface area contributed by atoms with Crippen LogP contribution in [0.15, 0.2) is 29.4 Å². The van der Waals surface area contributed by atoms with E-state index in [1.54, 1.807) is 36.0 Å². The first-order valence-electron chi connectivity index (χ1n) is 9.11. The largest absolute Gasteiger partial charge is 0.491 e. The Balaban J connectivity index is 1.29. The van der Waals surface area contributed by atoms with Gasteiger partial charge >= 0.3 is 0 Å². The van der Waals surface area contributed by atoms with Gasteiger partial charge in [0, 0.05) is 23.3 Å². The highest BCUT2D eigenvalue weighted by Gasteiger charge is 2.36. The van der Waals surface area contributed by atoms with Crippen LogP contribution in [-0.2, 0) is 0 Å². The molecule has 1 heterocycles. The summed E-state index contributed by atoms with van der Waals surface area (Å²) in [5.41, 5.74) is 0.652. The van der Waals surface area contributed by atoms with Crippen molar-refractivity contribution in [1.82, 2.24) is 14.8 Å². The Bertz CT molecular complexity index is 782. The molecule has 0 amide bonds. The molecule has 2 saturated carbocycles. The first kappa shape index (κ1) is 17.5. The first-order valence-corrected chi connectivity index (χ1v) is 10.1. The van der Waals surface area contributed by atoms with Crippen molar-refractivity contribution in [2.24, 2.45) is 0 Å². The van der Waals surface area contributed by atoms with Crippen LogP contribution in [0.5, 0.6) is 5.75 Å². The number of thioether (sulfide) groups is 1. The minimum Gasteiger partial charge on any atom is -0.491 e. The van der Waals surface area contributed by atoms with Crippen LogP contribution in [0, 0.1) is 0 Å². The van der Waals surface area contributed by atoms with E-state index in [4.69, 9.17) is 4.74 Å². The number of carbonyl (C=O) groups is 1. The number of hydrogen-bond donors (Lipinski definition) is 1. The predicted molar refractivity (Wildman–Crippen MR) is 98.9 cm³/mol. The van der Waals surface area contributed by atoms with Gasteiger partial charge in [-0.2, -0.15) is 0 Å². The standard InChI is InChI=1S/C19H23N3O3S/c1-12(23)13-4-8-17(9-5-13)25-10-16(24)11-26-19-21-20-18(14-2-3-14)22(19)15-6-7-15/h4-5,8-9,14-16,24H,2-3,6-7,10-11H2,1H3. The number of aromatic nitrogens is 3. The molecule has 0 spiro atoms. The maximum atomic E-state index is 11.3. The fourth-order valence-corrected chi connectivity index (χ4v) is 3.80. The van der Waals surface area contributed by atoms with Gasteiger partial charge in [0.15, 0.2) is 10.9 Å². The monoisotopic (exact) mass is 373 g/mol. The van der Waals surface area contributed by atoms with Crippen LogP contribution < -0.4 is 4.74 Å². The van der Waals surface area contributed by atoms with Crippen molar-refractivity contribution in [3.05, 3.63) is 35.7 Å². The molecule has 138 valence electrons. The molecule has 26 heavy (non-hydrogen) atoms. The number of ether oxygens (including phenoxy) is 1. The Morgan fingerprint density at radius 2 is 2.00 bits per heavy atom. The highest BCUT2D eigenvalue weighted by molar-refractivity contribution is 7.99. The molecule has 1 N–H and O–H groups in total. The van der Waals surface area contributed by atoms with Crippen molar-refractivity contribution < 1.29 is 14.6 Å². The van der Waals surface area contributed by atoms with Gasteiger partial charge in [0.2, 0.25) is 0 Å². The van der Waals surface area contributed by atoms with E-state index in [-0.39, 0.29) is 12.4 Å². The average molecular weight is 373 g/mol. The lowest BCUT2D eigenvalue weighted by Crippen LogP contribution is -2.20. The number of ketones is 1. The first-order chi connectivity index (χ1) is 12.6. The average Bonchev–Trinajstić information content (AvgIpc) is 3.57. The number of nitrogens with zero attached hydrogens (tertiary/aromatic N) is 3. The zero-order chi connectivity index (χ0) is 18.1. The van der Waals surface area contributed by atoms with E-state index in [9.17, 15) is 9.90 Å². The summed E-state index contributed by atoms with van der Waals surface area (Å²) in [6.45, 7) is 1.74. The molecule has 2 aliphatic rings. The Morgan fingerprint density at radius 3 is 2.62 bits per heavy atom. The fraction of sp³-hybridized carbons (Fsp3) is 0.526. The predicted octanol–water partition coefficient (Wildman–Crippen LogP) is 3.23. The number of aliphatic hydroxyl groups is 1. The molecule has 0 aliphatic heterocycles. The third kappa shape index (κ3) is 4.10. The SMILES string of the molecule is CC(=O)c1ccc(OCC(O)CSc2nnc(C3CC3)n2C2CC2)cc1. The molecular weight excluding hydrogens is 350 g/mol. The molecule has 1 aromatic heterocycles. The Morgan fingerprint density at radius 1 is 1.27 bits per heavy atom. The minimum atomic E-state index is -0.596. The maximum Gasteiger partial charge on any atom is 0.191 e. The number of carbonyl (C=O) groups excluding carboxylic acids is 1. The Kier molecular flexibility index (Phi) is 5.00. The third-order valence-corrected chi connectivity index (χ3v) is 5.74. The highest BCUT2D eigenvalue weighted by Crippen LogP contribution is 2.46. The van der Waals surface area contributed by atoms with Crippen molar-refractivity contribution in [2.75, 3.05) is 12.4 Å². The zero-order valence-electron chi connectivity index (χ0n) is 14.8. The quantitative estimate of drug-likeness (QED) is 0.537. The topological polar surface area (TPSA) is 77.2 Å². The van der Waals surface area contributed by atoms with Crippen LogP contribution in [0.3, 0.4) is 0 Å². The van der Waals surface area contributed by atoms with Crippen molar-refractivity contribution in [3.8, 4) is 5.75 Å². The smallest absolute Gasteiger partial charge is 0.191 e. The molecule has 6 nitrogen and oxygen atoms in total. The second-order valence-electron chi connectivity index (χ2n) is 7.07. The Hall–Kier alpha value is -1.86. The molecule has 2 aliphatic carbocycles. The van der Waals surface area contributed by atoms with Crippen LogP contribution in [-0.4, -0.2) is 44.1 Å². The van der Waals surface area contributed by atoms with Crippen LogP contribution in [0.2, 0.25) is 0 Å². The molecule has 2 aromatic rings. The molecule has 7 heteroatoms. The van der Waals surface area contributed by atoms with Gasteiger partial charge in [0.05, 0.1) is 6.10 Å². The van der Waals surface area contributed by atoms with E-state index in [1.807, 2.05) is 0 Å². The summed E-state index contributed by atoms with van der Waals surface area (Å²) in [5.74, 6) is 2.91. The molecule has 0 radical (unpaired) electrons. The zero-order valence-corrected chi connectivity index (χ0v) is 15.6. The summed E-state index contributed by atoms with van der Waals surface area (Å²) < 4.78 is 7.91. The second kappa shape index (κ2) is 7.40. The van der Waals surface area contributed by atoms with Crippen LogP contribution >= 0.6 is 11.8 Å². The number of aliphatic hydroxyl groups excluding tert-OH is 1. The van der Waals surface area contributed by atoms with Crippen LogP contribution in [0.25, 0.3) is 0 Å². The summed E-state index contributed by atoms with van der Waals surface area (Å²) in [6.07, 6.45) is 4.24. The lowest BCUT2D eigenvalue weighted by Gasteiger charge is -2.13. The van der Waals surface area contributed by atoms with Crippen molar-refractivity contribution in [1.29, 1.82) is 0 Å². The summed E-state index contributed by atoms with van der Waals surface area (Å²) in [7, 11) is 0. The highest BCUT2D eigenvalue weighted by atomic mass is 32.2. The number of hydrogen-bond acceptors (Lipinski definition) is 6. The number of rotatable bonds is 9. The van der Waals surface area contributed by atoms with Gasteiger partial charge < -0.3 is 14.4 Å². The number of Topliss-reactive ketones (excluding diaryl/α,β-unsaturated/α-hetero) is 1. The summed E-state index contributed by atoms with van der Waals surface area (Å²) in [5, 5.41) is 19.9. The van der Waals surface area contributed by atoms with Gasteiger partial charge in [0.1, 0.15) is 18.2 Å². The van der Waals surface area contributed by atoms with Gasteiger partial charge in [-0.15, -0.1) is 10.2 Å². The molecule has 1 unspecified atom stereocenters. The van der Waals surface area contributed by atoms with Crippen molar-refractivity contribution >= 4 is 17.5 Å². The maximum absolute atomic E-state index is 11.3. The molecule has 1 aromatic carbocycles. The van der Waals surface area contributed by atoms with Crippen molar-refractivity contribution in [3.63, 3.8) is 0 Å². The van der Waals surface area contributed by atoms with Crippen LogP contribution in [0.1, 0.15) is 60.7 Å². The number of benzene rings is 1. The van der Waals surface area contributed by atoms with Gasteiger partial charge in [-0.1, -0.05) is 11.8 Å². The van der Waals surface area contributed by atoms with E-state index in [2.05, 4.69) is 14.8 Å². The van der Waals surface area contributed by atoms with E-state index in [0.29, 0.717) is 29.0 Å². The van der Waals surface area contributed by atoms with Gasteiger partial charge in [0.25, 0.3) is 0 Å². The summed E-state index contributed by atoms with van der Waals surface area (Å²) in [6, 6.07) is 7.52. The van der Waals surface area contributed by atoms with Crippen LogP contribution in [0.4, 0.5) is 0 Å². The molecule has 0 saturated heterocycles. The van der Waals surface area contributed by atoms with Crippen molar-refractivity contribution in [2.45, 2.75) is 55.8 Å². The molecule has 1 atom stereocenters. The van der Waals surface area contributed by atoms with E-state index in [0.717, 1.165) is 11.0 Å². The lowest BCUT2D eigenvalue weighted by atomic mass is 10.1. The third-order valence-electron chi connectivity index (χ3n) is 4.65. The second-order valence-corrected chi connectivity index (χ2v) is 8.06. The normalized spacial score (nSPS) is 17.9. The molecule has 0 bridgehead atoms. The van der Waals surface area contributed by atoms with Gasteiger partial charge in [-0.05, 0) is 56.9 Å². The van der Waals surface area contributed by atoms with Gasteiger partial charge in [-0.25, -0.2) is 0 Å². The lowest BCUT2D eigenvalue weighted by molar-refractivity contribution is 0.101. The van der Waals surface area contributed by atoms with Gasteiger partial charge in [-0.3, -0.25) is 4.79 Å². The molecule has 4 rings (SSSR count). The molecule has 2 fully saturated rings. The molecular formula is C19H23N3O3S. The van der Waals surface area contributed by atoms with E-state index in [1.165, 1.54) is 32.6 Å².